The third kappa shape index (κ3) is 2.56. The lowest BCUT2D eigenvalue weighted by molar-refractivity contribution is 0.464. The quantitative estimate of drug-likeness (QED) is 0.930. The fourth-order valence-electron chi connectivity index (χ4n) is 2.73. The molecule has 1 aliphatic carbocycles. The SMILES string of the molecule is CCNC1CCCc2nc(-c3ccc(C)cn3)ncc21. The molecule has 1 atom stereocenters. The maximum Gasteiger partial charge on any atom is 0.178 e. The third-order valence-corrected chi connectivity index (χ3v) is 3.77. The summed E-state index contributed by atoms with van der Waals surface area (Å²) in [7, 11) is 0. The molecule has 0 amide bonds. The van der Waals surface area contributed by atoms with Crippen LogP contribution in [0, 0.1) is 6.92 Å². The Morgan fingerprint density at radius 2 is 2.15 bits per heavy atom. The molecule has 20 heavy (non-hydrogen) atoms. The highest BCUT2D eigenvalue weighted by molar-refractivity contribution is 5.50. The lowest BCUT2D eigenvalue weighted by Crippen LogP contribution is -2.25. The summed E-state index contributed by atoms with van der Waals surface area (Å²) in [5.41, 5.74) is 4.44. The molecule has 0 aromatic carbocycles. The van der Waals surface area contributed by atoms with Crippen LogP contribution in [0.5, 0.6) is 0 Å². The van der Waals surface area contributed by atoms with Gasteiger partial charge in [-0.1, -0.05) is 13.0 Å². The van der Waals surface area contributed by atoms with E-state index in [1.54, 1.807) is 0 Å². The van der Waals surface area contributed by atoms with Crippen LogP contribution in [-0.4, -0.2) is 21.5 Å². The zero-order valence-electron chi connectivity index (χ0n) is 12.1. The predicted molar refractivity (Wildman–Crippen MR) is 79.4 cm³/mol. The smallest absolute Gasteiger partial charge is 0.178 e. The molecule has 2 aromatic heterocycles. The summed E-state index contributed by atoms with van der Waals surface area (Å²) in [6.45, 7) is 5.15. The minimum absolute atomic E-state index is 0.406. The second-order valence-electron chi connectivity index (χ2n) is 5.32. The monoisotopic (exact) mass is 268 g/mol. The van der Waals surface area contributed by atoms with Gasteiger partial charge in [-0.3, -0.25) is 4.98 Å². The topological polar surface area (TPSA) is 50.7 Å². The second kappa shape index (κ2) is 5.67. The average Bonchev–Trinajstić information content (AvgIpc) is 2.48. The van der Waals surface area contributed by atoms with Crippen LogP contribution in [0.25, 0.3) is 11.5 Å². The molecule has 4 nitrogen and oxygen atoms in total. The number of rotatable bonds is 3. The van der Waals surface area contributed by atoms with Crippen molar-refractivity contribution in [3.05, 3.63) is 41.3 Å². The van der Waals surface area contributed by atoms with Crippen LogP contribution < -0.4 is 5.32 Å². The Labute approximate surface area is 119 Å². The van der Waals surface area contributed by atoms with Gasteiger partial charge in [-0.05, 0) is 44.4 Å². The van der Waals surface area contributed by atoms with E-state index < -0.39 is 0 Å². The number of hydrogen-bond donors (Lipinski definition) is 1. The van der Waals surface area contributed by atoms with Crippen molar-refractivity contribution < 1.29 is 0 Å². The van der Waals surface area contributed by atoms with Crippen molar-refractivity contribution in [2.24, 2.45) is 0 Å². The first-order valence-corrected chi connectivity index (χ1v) is 7.30. The average molecular weight is 268 g/mol. The minimum atomic E-state index is 0.406. The van der Waals surface area contributed by atoms with E-state index in [-0.39, 0.29) is 0 Å². The molecule has 3 rings (SSSR count). The van der Waals surface area contributed by atoms with Crippen LogP contribution in [0.3, 0.4) is 0 Å². The lowest BCUT2D eigenvalue weighted by atomic mass is 9.92. The van der Waals surface area contributed by atoms with Gasteiger partial charge in [0, 0.05) is 29.7 Å². The number of nitrogens with zero attached hydrogens (tertiary/aromatic N) is 3. The first-order chi connectivity index (χ1) is 9.78. The molecule has 1 unspecified atom stereocenters. The molecule has 0 saturated heterocycles. The van der Waals surface area contributed by atoms with Gasteiger partial charge in [0.15, 0.2) is 5.82 Å². The molecule has 0 saturated carbocycles. The van der Waals surface area contributed by atoms with Crippen molar-refractivity contribution in [2.75, 3.05) is 6.54 Å². The van der Waals surface area contributed by atoms with E-state index in [2.05, 4.69) is 22.2 Å². The molecular formula is C16H20N4. The summed E-state index contributed by atoms with van der Waals surface area (Å²) < 4.78 is 0. The molecular weight excluding hydrogens is 248 g/mol. The summed E-state index contributed by atoms with van der Waals surface area (Å²) in [5.74, 6) is 0.737. The van der Waals surface area contributed by atoms with Crippen molar-refractivity contribution in [3.63, 3.8) is 0 Å². The van der Waals surface area contributed by atoms with Crippen molar-refractivity contribution in [1.29, 1.82) is 0 Å². The van der Waals surface area contributed by atoms with Gasteiger partial charge in [-0.15, -0.1) is 0 Å². The number of hydrogen-bond acceptors (Lipinski definition) is 4. The van der Waals surface area contributed by atoms with Crippen LogP contribution in [0.2, 0.25) is 0 Å². The van der Waals surface area contributed by atoms with Gasteiger partial charge in [0.2, 0.25) is 0 Å². The molecule has 0 aliphatic heterocycles. The van der Waals surface area contributed by atoms with Gasteiger partial charge in [0.25, 0.3) is 0 Å². The lowest BCUT2D eigenvalue weighted by Gasteiger charge is -2.25. The van der Waals surface area contributed by atoms with E-state index in [1.807, 2.05) is 31.5 Å². The van der Waals surface area contributed by atoms with Crippen LogP contribution in [0.4, 0.5) is 0 Å². The van der Waals surface area contributed by atoms with E-state index in [0.717, 1.165) is 30.0 Å². The Hall–Kier alpha value is -1.81. The molecule has 2 aromatic rings. The molecule has 0 bridgehead atoms. The van der Waals surface area contributed by atoms with Gasteiger partial charge in [-0.2, -0.15) is 0 Å². The predicted octanol–water partition coefficient (Wildman–Crippen LogP) is 2.83. The number of fused-ring (bicyclic) bond motifs is 1. The second-order valence-corrected chi connectivity index (χ2v) is 5.32. The summed E-state index contributed by atoms with van der Waals surface area (Å²) in [6, 6.07) is 4.44. The van der Waals surface area contributed by atoms with Gasteiger partial charge in [0.05, 0.1) is 0 Å². The molecule has 1 N–H and O–H groups in total. The molecule has 1 aliphatic rings. The first kappa shape index (κ1) is 13.2. The van der Waals surface area contributed by atoms with E-state index in [4.69, 9.17) is 4.98 Å². The normalized spacial score (nSPS) is 17.8. The standard InChI is InChI=1S/C16H20N4/c1-3-17-13-5-4-6-14-12(13)10-19-16(20-14)15-8-7-11(2)9-18-15/h7-10,13,17H,3-6H2,1-2H3. The highest BCUT2D eigenvalue weighted by Gasteiger charge is 2.21. The maximum atomic E-state index is 4.73. The summed E-state index contributed by atoms with van der Waals surface area (Å²) in [4.78, 5) is 13.7. The van der Waals surface area contributed by atoms with Gasteiger partial charge in [-0.25, -0.2) is 9.97 Å². The molecule has 104 valence electrons. The fraction of sp³-hybridized carbons (Fsp3) is 0.438. The Balaban J connectivity index is 1.94. The van der Waals surface area contributed by atoms with Crippen LogP contribution >= 0.6 is 0 Å². The first-order valence-electron chi connectivity index (χ1n) is 7.30. The van der Waals surface area contributed by atoms with Crippen molar-refractivity contribution in [1.82, 2.24) is 20.3 Å². The van der Waals surface area contributed by atoms with E-state index in [9.17, 15) is 0 Å². The number of pyridine rings is 1. The molecule has 0 fully saturated rings. The van der Waals surface area contributed by atoms with Crippen LogP contribution in [0.15, 0.2) is 24.5 Å². The summed E-state index contributed by atoms with van der Waals surface area (Å²) in [6.07, 6.45) is 7.23. The van der Waals surface area contributed by atoms with Gasteiger partial charge < -0.3 is 5.32 Å². The molecule has 4 heteroatoms. The Morgan fingerprint density at radius 1 is 1.25 bits per heavy atom. The molecule has 2 heterocycles. The highest BCUT2D eigenvalue weighted by atomic mass is 15.0. The van der Waals surface area contributed by atoms with Gasteiger partial charge >= 0.3 is 0 Å². The zero-order chi connectivity index (χ0) is 13.9. The fourth-order valence-corrected chi connectivity index (χ4v) is 2.73. The number of aryl methyl sites for hydroxylation is 2. The summed E-state index contributed by atoms with van der Waals surface area (Å²) in [5, 5.41) is 3.51. The van der Waals surface area contributed by atoms with Crippen LogP contribution in [0.1, 0.15) is 42.6 Å². The number of nitrogens with one attached hydrogen (secondary N) is 1. The zero-order valence-corrected chi connectivity index (χ0v) is 12.1. The van der Waals surface area contributed by atoms with Gasteiger partial charge in [0.1, 0.15) is 5.69 Å². The minimum Gasteiger partial charge on any atom is -0.310 e. The van der Waals surface area contributed by atoms with Crippen molar-refractivity contribution in [2.45, 2.75) is 39.2 Å². The van der Waals surface area contributed by atoms with E-state index in [1.165, 1.54) is 24.1 Å². The van der Waals surface area contributed by atoms with E-state index >= 15 is 0 Å². The summed E-state index contributed by atoms with van der Waals surface area (Å²) >= 11 is 0. The Morgan fingerprint density at radius 3 is 2.90 bits per heavy atom. The Kier molecular flexibility index (Phi) is 3.74. The number of aromatic nitrogens is 3. The van der Waals surface area contributed by atoms with Crippen LogP contribution in [-0.2, 0) is 6.42 Å². The van der Waals surface area contributed by atoms with Crippen molar-refractivity contribution in [3.8, 4) is 11.5 Å². The Bertz CT molecular complexity index is 592. The molecule has 0 spiro atoms. The molecule has 0 radical (unpaired) electrons. The highest BCUT2D eigenvalue weighted by Crippen LogP contribution is 2.29. The third-order valence-electron chi connectivity index (χ3n) is 3.77. The van der Waals surface area contributed by atoms with Crippen molar-refractivity contribution >= 4 is 0 Å². The largest absolute Gasteiger partial charge is 0.310 e. The van der Waals surface area contributed by atoms with E-state index in [0.29, 0.717) is 6.04 Å². The maximum absolute atomic E-state index is 4.73.